The highest BCUT2D eigenvalue weighted by Crippen LogP contribution is 2.39. The van der Waals surface area contributed by atoms with Gasteiger partial charge in [-0.25, -0.2) is 4.98 Å². The van der Waals surface area contributed by atoms with Gasteiger partial charge in [0.25, 0.3) is 0 Å². The van der Waals surface area contributed by atoms with Gasteiger partial charge in [0.1, 0.15) is 0 Å². The molecule has 1 spiro atoms. The normalized spacial score (nSPS) is 19.6. The zero-order chi connectivity index (χ0) is 22.0. The van der Waals surface area contributed by atoms with Crippen LogP contribution in [0.2, 0.25) is 0 Å². The summed E-state index contributed by atoms with van der Waals surface area (Å²) in [6.45, 7) is 3.93. The minimum Gasteiger partial charge on any atom is -0.380 e. The van der Waals surface area contributed by atoms with Crippen LogP contribution in [0, 0.1) is 5.41 Å². The second-order valence-electron chi connectivity index (χ2n) is 9.22. The highest BCUT2D eigenvalue weighted by molar-refractivity contribution is 7.99. The zero-order valence-electron chi connectivity index (χ0n) is 17.7. The van der Waals surface area contributed by atoms with E-state index in [1.807, 2.05) is 22.7 Å². The van der Waals surface area contributed by atoms with Crippen molar-refractivity contribution in [1.29, 1.82) is 0 Å². The molecule has 7 rings (SSSR count). The first kappa shape index (κ1) is 19.8. The molecule has 1 aromatic carbocycles. The van der Waals surface area contributed by atoms with Gasteiger partial charge < -0.3 is 10.1 Å². The predicted octanol–water partition coefficient (Wildman–Crippen LogP) is 3.03. The van der Waals surface area contributed by atoms with Gasteiger partial charge in [0.15, 0.2) is 10.8 Å². The summed E-state index contributed by atoms with van der Waals surface area (Å²) in [5.41, 5.74) is 3.05. The number of likely N-dealkylation sites (tertiary alicyclic amines) is 1. The van der Waals surface area contributed by atoms with E-state index in [-0.39, 0.29) is 5.91 Å². The van der Waals surface area contributed by atoms with Crippen molar-refractivity contribution in [2.24, 2.45) is 5.41 Å². The van der Waals surface area contributed by atoms with Gasteiger partial charge in [0, 0.05) is 29.3 Å². The van der Waals surface area contributed by atoms with Crippen molar-refractivity contribution in [3.63, 3.8) is 0 Å². The Bertz CT molecular complexity index is 1380. The third-order valence-electron chi connectivity index (χ3n) is 6.37. The van der Waals surface area contributed by atoms with Crippen molar-refractivity contribution in [3.8, 4) is 0 Å². The van der Waals surface area contributed by atoms with Crippen molar-refractivity contribution in [1.82, 2.24) is 29.7 Å². The molecule has 11 heteroatoms. The molecule has 1 N–H and O–H groups in total. The van der Waals surface area contributed by atoms with Gasteiger partial charge in [0.05, 0.1) is 35.7 Å². The number of ether oxygens (including phenoxy) is 1. The molecule has 33 heavy (non-hydrogen) atoms. The maximum absolute atomic E-state index is 12.4. The first-order valence-electron chi connectivity index (χ1n) is 11.0. The third-order valence-corrected chi connectivity index (χ3v) is 8.23. The summed E-state index contributed by atoms with van der Waals surface area (Å²) in [6, 6.07) is 10.1. The molecular weight excluding hydrogens is 458 g/mol. The standard InChI is InChI=1S/C22H21N7O2S2/c30-19(8-28-9-22(10-28)11-31-12-22)24-20-23-16-4-3-14(7-17(16)33-20)32-21-26-25-18-6-5-15(13-1-2-13)27-29(18)21/h3-7,13H,1-2,8-12H2,(H,23,24,30). The molecule has 2 aliphatic heterocycles. The number of fused-ring (bicyclic) bond motifs is 2. The van der Waals surface area contributed by atoms with E-state index in [2.05, 4.69) is 37.5 Å². The molecule has 4 aromatic rings. The van der Waals surface area contributed by atoms with Crippen LogP contribution in [0.15, 0.2) is 40.4 Å². The molecular formula is C22H21N7O2S2. The van der Waals surface area contributed by atoms with Crippen LogP contribution in [0.5, 0.6) is 0 Å². The molecule has 168 valence electrons. The molecule has 3 aliphatic rings. The lowest BCUT2D eigenvalue weighted by molar-refractivity contribution is -0.188. The lowest BCUT2D eigenvalue weighted by Gasteiger charge is -2.54. The van der Waals surface area contributed by atoms with E-state index < -0.39 is 0 Å². The van der Waals surface area contributed by atoms with E-state index in [0.29, 0.717) is 23.0 Å². The average Bonchev–Trinajstić information content (AvgIpc) is 3.42. The highest BCUT2D eigenvalue weighted by Gasteiger charge is 2.49. The molecule has 2 saturated heterocycles. The van der Waals surface area contributed by atoms with Crippen LogP contribution >= 0.6 is 23.1 Å². The van der Waals surface area contributed by atoms with E-state index in [9.17, 15) is 4.79 Å². The summed E-state index contributed by atoms with van der Waals surface area (Å²) in [6.07, 6.45) is 2.41. The van der Waals surface area contributed by atoms with Crippen LogP contribution in [-0.2, 0) is 9.53 Å². The Kier molecular flexibility index (Phi) is 4.48. The number of nitrogens with zero attached hydrogens (tertiary/aromatic N) is 6. The molecule has 9 nitrogen and oxygen atoms in total. The smallest absolute Gasteiger partial charge is 0.240 e. The van der Waals surface area contributed by atoms with Gasteiger partial charge in [-0.1, -0.05) is 11.3 Å². The second-order valence-corrected chi connectivity index (χ2v) is 11.3. The summed E-state index contributed by atoms with van der Waals surface area (Å²) in [5, 5.41) is 17.7. The first-order valence-corrected chi connectivity index (χ1v) is 12.7. The van der Waals surface area contributed by atoms with Gasteiger partial charge in [-0.05, 0) is 54.9 Å². The number of rotatable bonds is 6. The largest absolute Gasteiger partial charge is 0.380 e. The number of carbonyl (C=O) groups excluding carboxylic acids is 1. The number of thiazole rings is 1. The third kappa shape index (κ3) is 3.68. The van der Waals surface area contributed by atoms with E-state index in [0.717, 1.165) is 57.9 Å². The average molecular weight is 480 g/mol. The summed E-state index contributed by atoms with van der Waals surface area (Å²) < 4.78 is 8.14. The Morgan fingerprint density at radius 1 is 1.21 bits per heavy atom. The van der Waals surface area contributed by atoms with Crippen molar-refractivity contribution < 1.29 is 9.53 Å². The molecule has 0 unspecified atom stereocenters. The van der Waals surface area contributed by atoms with Crippen LogP contribution < -0.4 is 5.32 Å². The van der Waals surface area contributed by atoms with Gasteiger partial charge in [-0.15, -0.1) is 10.2 Å². The van der Waals surface area contributed by atoms with Crippen molar-refractivity contribution in [3.05, 3.63) is 36.0 Å². The summed E-state index contributed by atoms with van der Waals surface area (Å²) in [5.74, 6) is 0.553. The summed E-state index contributed by atoms with van der Waals surface area (Å²) in [7, 11) is 0. The number of nitrogens with one attached hydrogen (secondary N) is 1. The fourth-order valence-corrected chi connectivity index (χ4v) is 6.34. The molecule has 1 amide bonds. The molecule has 5 heterocycles. The Hall–Kier alpha value is -2.60. The number of hydrogen-bond acceptors (Lipinski definition) is 9. The minimum absolute atomic E-state index is 0.0220. The van der Waals surface area contributed by atoms with E-state index >= 15 is 0 Å². The maximum atomic E-state index is 12.4. The SMILES string of the molecule is O=C(CN1CC2(COC2)C1)Nc1nc2ccc(Sc3nnc4ccc(C5CC5)nn34)cc2s1. The topological polar surface area (TPSA) is 97.5 Å². The van der Waals surface area contributed by atoms with E-state index in [4.69, 9.17) is 9.84 Å². The second kappa shape index (κ2) is 7.45. The Morgan fingerprint density at radius 3 is 2.88 bits per heavy atom. The number of hydrogen-bond donors (Lipinski definition) is 1. The summed E-state index contributed by atoms with van der Waals surface area (Å²) >= 11 is 3.02. The minimum atomic E-state index is -0.0220. The molecule has 0 radical (unpaired) electrons. The fourth-order valence-electron chi connectivity index (χ4n) is 4.52. The van der Waals surface area contributed by atoms with Crippen LogP contribution in [0.25, 0.3) is 15.9 Å². The monoisotopic (exact) mass is 479 g/mol. The zero-order valence-corrected chi connectivity index (χ0v) is 19.4. The summed E-state index contributed by atoms with van der Waals surface area (Å²) in [4.78, 5) is 20.2. The Labute approximate surface area is 197 Å². The van der Waals surface area contributed by atoms with Crippen LogP contribution in [0.3, 0.4) is 0 Å². The number of amides is 1. The van der Waals surface area contributed by atoms with Crippen LogP contribution in [-0.4, -0.2) is 68.5 Å². The Morgan fingerprint density at radius 2 is 2.09 bits per heavy atom. The predicted molar refractivity (Wildman–Crippen MR) is 125 cm³/mol. The Balaban J connectivity index is 1.05. The first-order chi connectivity index (χ1) is 16.1. The van der Waals surface area contributed by atoms with Crippen molar-refractivity contribution >= 4 is 50.0 Å². The van der Waals surface area contributed by atoms with E-state index in [1.54, 1.807) is 0 Å². The highest BCUT2D eigenvalue weighted by atomic mass is 32.2. The van der Waals surface area contributed by atoms with Gasteiger partial charge in [-0.3, -0.25) is 9.69 Å². The van der Waals surface area contributed by atoms with Gasteiger partial charge >= 0.3 is 0 Å². The van der Waals surface area contributed by atoms with Gasteiger partial charge in [-0.2, -0.15) is 9.61 Å². The van der Waals surface area contributed by atoms with Crippen molar-refractivity contribution in [2.45, 2.75) is 28.8 Å². The molecule has 1 saturated carbocycles. The van der Waals surface area contributed by atoms with Crippen molar-refractivity contribution in [2.75, 3.05) is 38.2 Å². The van der Waals surface area contributed by atoms with E-state index in [1.165, 1.54) is 35.9 Å². The van der Waals surface area contributed by atoms with Crippen LogP contribution in [0.4, 0.5) is 5.13 Å². The lowest BCUT2D eigenvalue weighted by atomic mass is 9.78. The number of aromatic nitrogens is 5. The van der Waals surface area contributed by atoms with Gasteiger partial charge in [0.2, 0.25) is 11.1 Å². The quantitative estimate of drug-likeness (QED) is 0.451. The lowest BCUT2D eigenvalue weighted by Crippen LogP contribution is -2.66. The molecule has 3 aromatic heterocycles. The number of carbonyl (C=O) groups is 1. The molecule has 3 fully saturated rings. The number of benzene rings is 1. The molecule has 0 atom stereocenters. The molecule has 0 bridgehead atoms. The van der Waals surface area contributed by atoms with Crippen LogP contribution in [0.1, 0.15) is 24.5 Å². The maximum Gasteiger partial charge on any atom is 0.240 e. The number of anilines is 1. The fraction of sp³-hybridized carbons (Fsp3) is 0.409. The molecule has 1 aliphatic carbocycles.